The van der Waals surface area contributed by atoms with Gasteiger partial charge in [-0.05, 0) is 61.0 Å². The number of esters is 1. The molecule has 1 aliphatic heterocycles. The molecule has 1 fully saturated rings. The molecule has 0 aromatic heterocycles. The average Bonchev–Trinajstić information content (AvgIpc) is 2.94. The van der Waals surface area contributed by atoms with Crippen molar-refractivity contribution in [2.24, 2.45) is 0 Å². The third kappa shape index (κ3) is 4.73. The predicted molar refractivity (Wildman–Crippen MR) is 148 cm³/mol. The summed E-state index contributed by atoms with van der Waals surface area (Å²) in [5, 5.41) is 3.27. The molecule has 4 aromatic carbocycles. The molecule has 0 radical (unpaired) electrons. The van der Waals surface area contributed by atoms with Gasteiger partial charge in [-0.2, -0.15) is 0 Å². The SMILES string of the molecule is O=C1CCCC2Oc3cc(OC(=O)c4ccccc4P(c4ccccc4)c4ccccc4)ccc3C=C12. The molecule has 37 heavy (non-hydrogen) atoms. The van der Waals surface area contributed by atoms with Gasteiger partial charge in [0.1, 0.15) is 17.6 Å². The van der Waals surface area contributed by atoms with Gasteiger partial charge < -0.3 is 9.47 Å². The molecule has 0 N–H and O–H groups in total. The number of Topliss-reactive ketones (excluding diaryl/α,β-unsaturated/α-hetero) is 1. The number of hydrogen-bond donors (Lipinski definition) is 0. The van der Waals surface area contributed by atoms with Gasteiger partial charge in [0.25, 0.3) is 0 Å². The summed E-state index contributed by atoms with van der Waals surface area (Å²) in [5.74, 6) is 0.802. The first-order valence-corrected chi connectivity index (χ1v) is 13.8. The number of hydrogen-bond acceptors (Lipinski definition) is 4. The van der Waals surface area contributed by atoms with E-state index < -0.39 is 13.9 Å². The normalized spacial score (nSPS) is 16.3. The first-order valence-electron chi connectivity index (χ1n) is 12.4. The number of ketones is 1. The Morgan fingerprint density at radius 3 is 2.24 bits per heavy atom. The molecule has 4 nitrogen and oxygen atoms in total. The second-order valence-corrected chi connectivity index (χ2v) is 11.3. The summed E-state index contributed by atoms with van der Waals surface area (Å²) in [5.41, 5.74) is 2.12. The van der Waals surface area contributed by atoms with Gasteiger partial charge in [-0.1, -0.05) is 78.9 Å². The quantitative estimate of drug-likeness (QED) is 0.203. The van der Waals surface area contributed by atoms with E-state index in [-0.39, 0.29) is 11.9 Å². The zero-order valence-electron chi connectivity index (χ0n) is 20.2. The molecular formula is C32H25O4P. The Kier molecular flexibility index (Phi) is 6.42. The van der Waals surface area contributed by atoms with E-state index in [9.17, 15) is 9.59 Å². The summed E-state index contributed by atoms with van der Waals surface area (Å²) < 4.78 is 12.0. The highest BCUT2D eigenvalue weighted by Crippen LogP contribution is 2.38. The van der Waals surface area contributed by atoms with E-state index in [1.807, 2.05) is 72.8 Å². The third-order valence-corrected chi connectivity index (χ3v) is 9.21. The lowest BCUT2D eigenvalue weighted by Crippen LogP contribution is -2.31. The van der Waals surface area contributed by atoms with Crippen molar-refractivity contribution in [3.05, 3.63) is 120 Å². The molecule has 2 aliphatic rings. The summed E-state index contributed by atoms with van der Waals surface area (Å²) >= 11 is 0. The van der Waals surface area contributed by atoms with Crippen LogP contribution in [0.4, 0.5) is 0 Å². The number of benzene rings is 4. The fourth-order valence-corrected chi connectivity index (χ4v) is 7.37. The van der Waals surface area contributed by atoms with E-state index in [4.69, 9.17) is 9.47 Å². The molecular weight excluding hydrogens is 479 g/mol. The third-order valence-electron chi connectivity index (χ3n) is 6.71. The van der Waals surface area contributed by atoms with Crippen LogP contribution in [0.2, 0.25) is 0 Å². The fourth-order valence-electron chi connectivity index (χ4n) is 4.93. The summed E-state index contributed by atoms with van der Waals surface area (Å²) in [6, 6.07) is 33.6. The van der Waals surface area contributed by atoms with Gasteiger partial charge in [0.2, 0.25) is 0 Å². The maximum atomic E-state index is 13.5. The lowest BCUT2D eigenvalue weighted by atomic mass is 9.87. The van der Waals surface area contributed by atoms with Crippen molar-refractivity contribution in [1.29, 1.82) is 0 Å². The van der Waals surface area contributed by atoms with Crippen molar-refractivity contribution in [3.8, 4) is 11.5 Å². The van der Waals surface area contributed by atoms with Gasteiger partial charge >= 0.3 is 5.97 Å². The highest BCUT2D eigenvalue weighted by molar-refractivity contribution is 7.80. The molecule has 1 heterocycles. The molecule has 0 amide bonds. The Morgan fingerprint density at radius 1 is 0.838 bits per heavy atom. The number of carbonyl (C=O) groups excluding carboxylic acids is 2. The molecule has 1 saturated carbocycles. The maximum absolute atomic E-state index is 13.5. The lowest BCUT2D eigenvalue weighted by molar-refractivity contribution is -0.117. The van der Waals surface area contributed by atoms with Crippen molar-refractivity contribution in [3.63, 3.8) is 0 Å². The van der Waals surface area contributed by atoms with Crippen molar-refractivity contribution < 1.29 is 19.1 Å². The molecule has 182 valence electrons. The van der Waals surface area contributed by atoms with Crippen LogP contribution in [-0.4, -0.2) is 17.9 Å². The molecule has 1 unspecified atom stereocenters. The second kappa shape index (κ2) is 10.2. The smallest absolute Gasteiger partial charge is 0.344 e. The van der Waals surface area contributed by atoms with Gasteiger partial charge in [0.15, 0.2) is 5.78 Å². The number of rotatable bonds is 5. The number of carbonyl (C=O) groups is 2. The minimum atomic E-state index is -0.960. The van der Waals surface area contributed by atoms with E-state index in [0.717, 1.165) is 39.9 Å². The van der Waals surface area contributed by atoms with Crippen LogP contribution in [0, 0.1) is 0 Å². The van der Waals surface area contributed by atoms with Gasteiger partial charge in [-0.15, -0.1) is 0 Å². The number of fused-ring (bicyclic) bond motifs is 2. The molecule has 1 aliphatic carbocycles. The largest absolute Gasteiger partial charge is 0.485 e. The summed E-state index contributed by atoms with van der Waals surface area (Å²) in [6.45, 7) is 0. The lowest BCUT2D eigenvalue weighted by Gasteiger charge is -2.29. The maximum Gasteiger partial charge on any atom is 0.344 e. The van der Waals surface area contributed by atoms with E-state index in [2.05, 4.69) is 24.3 Å². The summed E-state index contributed by atoms with van der Waals surface area (Å²) in [7, 11) is -0.960. The molecule has 0 spiro atoms. The van der Waals surface area contributed by atoms with Crippen LogP contribution >= 0.6 is 7.92 Å². The Labute approximate surface area is 217 Å². The van der Waals surface area contributed by atoms with Gasteiger partial charge in [-0.25, -0.2) is 4.79 Å². The van der Waals surface area contributed by atoms with Crippen LogP contribution in [0.15, 0.2) is 109 Å². The van der Waals surface area contributed by atoms with Gasteiger partial charge in [0, 0.05) is 23.6 Å². The topological polar surface area (TPSA) is 52.6 Å². The zero-order valence-corrected chi connectivity index (χ0v) is 21.1. The zero-order chi connectivity index (χ0) is 25.2. The number of ether oxygens (including phenoxy) is 2. The van der Waals surface area contributed by atoms with Crippen molar-refractivity contribution in [1.82, 2.24) is 0 Å². The van der Waals surface area contributed by atoms with E-state index in [0.29, 0.717) is 23.5 Å². The average molecular weight is 505 g/mol. The Hall–Kier alpha value is -4.01. The van der Waals surface area contributed by atoms with E-state index in [1.54, 1.807) is 12.1 Å². The molecule has 1 atom stereocenters. The van der Waals surface area contributed by atoms with Gasteiger partial charge in [-0.3, -0.25) is 4.79 Å². The molecule has 6 rings (SSSR count). The Bertz CT molecular complexity index is 1450. The second-order valence-electron chi connectivity index (χ2n) is 9.13. The Balaban J connectivity index is 1.32. The van der Waals surface area contributed by atoms with E-state index in [1.165, 1.54) is 0 Å². The van der Waals surface area contributed by atoms with Crippen LogP contribution in [0.25, 0.3) is 6.08 Å². The summed E-state index contributed by atoms with van der Waals surface area (Å²) in [6.07, 6.45) is 3.91. The monoisotopic (exact) mass is 504 g/mol. The first-order chi connectivity index (χ1) is 18.2. The van der Waals surface area contributed by atoms with Crippen LogP contribution < -0.4 is 25.4 Å². The standard InChI is InChI=1S/C32H25O4P/c33-28-15-9-16-29-27(28)20-22-18-19-23(21-30(22)36-29)35-32(34)26-14-7-8-17-31(26)37(24-10-3-1-4-11-24)25-12-5-2-6-13-25/h1-8,10-14,17-21,29H,9,15-16H2. The summed E-state index contributed by atoms with van der Waals surface area (Å²) in [4.78, 5) is 25.8. The minimum Gasteiger partial charge on any atom is -0.485 e. The Morgan fingerprint density at radius 2 is 1.51 bits per heavy atom. The molecule has 0 bridgehead atoms. The van der Waals surface area contributed by atoms with Crippen molar-refractivity contribution in [2.45, 2.75) is 25.4 Å². The molecule has 4 aromatic rings. The fraction of sp³-hybridized carbons (Fsp3) is 0.125. The first kappa shape index (κ1) is 23.4. The predicted octanol–water partition coefficient (Wildman–Crippen LogP) is 5.56. The van der Waals surface area contributed by atoms with Crippen LogP contribution in [0.3, 0.4) is 0 Å². The highest BCUT2D eigenvalue weighted by atomic mass is 31.1. The highest BCUT2D eigenvalue weighted by Gasteiger charge is 2.31. The van der Waals surface area contributed by atoms with Crippen molar-refractivity contribution >= 4 is 41.7 Å². The van der Waals surface area contributed by atoms with Crippen LogP contribution in [-0.2, 0) is 4.79 Å². The van der Waals surface area contributed by atoms with Crippen LogP contribution in [0.1, 0.15) is 35.2 Å². The van der Waals surface area contributed by atoms with Crippen LogP contribution in [0.5, 0.6) is 11.5 Å². The minimum absolute atomic E-state index is 0.155. The molecule has 0 saturated heterocycles. The van der Waals surface area contributed by atoms with Crippen molar-refractivity contribution in [2.75, 3.05) is 0 Å². The van der Waals surface area contributed by atoms with E-state index >= 15 is 0 Å². The van der Waals surface area contributed by atoms with Gasteiger partial charge in [0.05, 0.1) is 5.56 Å². The molecule has 5 heteroatoms.